The van der Waals surface area contributed by atoms with Gasteiger partial charge in [0, 0.05) is 27.0 Å². The lowest BCUT2D eigenvalue weighted by atomic mass is 10.2. The summed E-state index contributed by atoms with van der Waals surface area (Å²) in [6, 6.07) is -0.142. The topological polar surface area (TPSA) is 61.5 Å². The number of esters is 1. The standard InChI is InChI=1S/C9H20NO3P.ClH/c1-4-12-9(11)6-8(10)7-14(3)13-5-2;/h8H,4-7,10H2,1-3H3;1H/t8-,14?;/m0./s1. The van der Waals surface area contributed by atoms with Crippen molar-refractivity contribution < 1.29 is 14.1 Å². The van der Waals surface area contributed by atoms with E-state index in [1.54, 1.807) is 6.92 Å². The third-order valence-electron chi connectivity index (χ3n) is 1.58. The second kappa shape index (κ2) is 10.6. The van der Waals surface area contributed by atoms with Crippen LogP contribution >= 0.6 is 20.6 Å². The molecule has 0 aliphatic heterocycles. The zero-order valence-corrected chi connectivity index (χ0v) is 11.3. The van der Waals surface area contributed by atoms with Crippen molar-refractivity contribution in [2.75, 3.05) is 26.0 Å². The summed E-state index contributed by atoms with van der Waals surface area (Å²) in [6.07, 6.45) is 1.04. The molecule has 0 saturated carbocycles. The number of carbonyl (C=O) groups is 1. The van der Waals surface area contributed by atoms with Crippen molar-refractivity contribution in [3.63, 3.8) is 0 Å². The monoisotopic (exact) mass is 257 g/mol. The summed E-state index contributed by atoms with van der Waals surface area (Å²) in [4.78, 5) is 11.1. The van der Waals surface area contributed by atoms with Crippen molar-refractivity contribution in [3.05, 3.63) is 0 Å². The molecular weight excluding hydrogens is 237 g/mol. The van der Waals surface area contributed by atoms with Crippen LogP contribution in [0.4, 0.5) is 0 Å². The van der Waals surface area contributed by atoms with Crippen LogP contribution in [0.2, 0.25) is 0 Å². The molecule has 0 aliphatic carbocycles. The molecule has 6 heteroatoms. The van der Waals surface area contributed by atoms with Crippen molar-refractivity contribution >= 4 is 26.5 Å². The lowest BCUT2D eigenvalue weighted by Gasteiger charge is -2.16. The summed E-state index contributed by atoms with van der Waals surface area (Å²) in [6.45, 7) is 6.88. The Morgan fingerprint density at radius 1 is 1.40 bits per heavy atom. The summed E-state index contributed by atoms with van der Waals surface area (Å²) in [5, 5.41) is 0. The first kappa shape index (κ1) is 17.5. The highest BCUT2D eigenvalue weighted by Gasteiger charge is 2.13. The van der Waals surface area contributed by atoms with Gasteiger partial charge in [-0.3, -0.25) is 4.79 Å². The number of carbonyl (C=O) groups excluding carboxylic acids is 1. The Balaban J connectivity index is 0. The Morgan fingerprint density at radius 3 is 2.47 bits per heavy atom. The molecule has 92 valence electrons. The van der Waals surface area contributed by atoms with E-state index < -0.39 is 8.15 Å². The third-order valence-corrected chi connectivity index (χ3v) is 3.26. The van der Waals surface area contributed by atoms with Gasteiger partial charge in [-0.05, 0) is 20.5 Å². The summed E-state index contributed by atoms with van der Waals surface area (Å²) in [5.41, 5.74) is 5.77. The van der Waals surface area contributed by atoms with E-state index in [4.69, 9.17) is 15.0 Å². The molecule has 0 rings (SSSR count). The Labute approximate surface area is 99.1 Å². The van der Waals surface area contributed by atoms with Gasteiger partial charge in [-0.2, -0.15) is 0 Å². The molecule has 0 aliphatic rings. The normalized spacial score (nSPS) is 13.9. The van der Waals surface area contributed by atoms with E-state index in [2.05, 4.69) is 0 Å². The second-order valence-electron chi connectivity index (χ2n) is 3.00. The van der Waals surface area contributed by atoms with Gasteiger partial charge in [-0.1, -0.05) is 0 Å². The lowest BCUT2D eigenvalue weighted by Crippen LogP contribution is -2.28. The Morgan fingerprint density at radius 2 is 2.00 bits per heavy atom. The molecule has 0 aromatic carbocycles. The highest BCUT2D eigenvalue weighted by atomic mass is 35.5. The molecule has 2 atom stereocenters. The molecule has 0 aromatic heterocycles. The van der Waals surface area contributed by atoms with Gasteiger partial charge in [0.15, 0.2) is 0 Å². The fourth-order valence-electron chi connectivity index (χ4n) is 1.10. The molecule has 4 nitrogen and oxygen atoms in total. The number of halogens is 1. The average molecular weight is 258 g/mol. The number of hydrogen-bond acceptors (Lipinski definition) is 4. The summed E-state index contributed by atoms with van der Waals surface area (Å²) in [5.74, 6) is -0.222. The van der Waals surface area contributed by atoms with Gasteiger partial charge < -0.3 is 15.0 Å². The first-order valence-electron chi connectivity index (χ1n) is 4.85. The molecule has 1 unspecified atom stereocenters. The van der Waals surface area contributed by atoms with Crippen LogP contribution in [0, 0.1) is 0 Å². The minimum atomic E-state index is -0.493. The van der Waals surface area contributed by atoms with Gasteiger partial charge in [0.2, 0.25) is 0 Å². The maximum Gasteiger partial charge on any atom is 0.307 e. The Hall–Kier alpha value is 0.110. The van der Waals surface area contributed by atoms with Gasteiger partial charge in [-0.15, -0.1) is 12.4 Å². The van der Waals surface area contributed by atoms with Crippen molar-refractivity contribution in [3.8, 4) is 0 Å². The van der Waals surface area contributed by atoms with Crippen LogP contribution in [0.25, 0.3) is 0 Å². The predicted octanol–water partition coefficient (Wildman–Crippen LogP) is 1.75. The molecule has 2 N–H and O–H groups in total. The van der Waals surface area contributed by atoms with Gasteiger partial charge in [0.1, 0.15) is 0 Å². The molecule has 0 aromatic rings. The van der Waals surface area contributed by atoms with Gasteiger partial charge in [0.25, 0.3) is 0 Å². The van der Waals surface area contributed by atoms with E-state index in [-0.39, 0.29) is 30.8 Å². The van der Waals surface area contributed by atoms with Crippen molar-refractivity contribution in [1.29, 1.82) is 0 Å². The van der Waals surface area contributed by atoms with E-state index >= 15 is 0 Å². The molecule has 0 radical (unpaired) electrons. The van der Waals surface area contributed by atoms with Gasteiger partial charge in [-0.25, -0.2) is 0 Å². The first-order valence-corrected chi connectivity index (χ1v) is 6.74. The number of hydrogen-bond donors (Lipinski definition) is 1. The molecule has 0 amide bonds. The molecule has 0 bridgehead atoms. The van der Waals surface area contributed by atoms with Crippen molar-refractivity contribution in [1.82, 2.24) is 0 Å². The van der Waals surface area contributed by atoms with Crippen LogP contribution in [-0.4, -0.2) is 38.1 Å². The second-order valence-corrected chi connectivity index (χ2v) is 4.88. The highest BCUT2D eigenvalue weighted by Crippen LogP contribution is 2.32. The molecule has 15 heavy (non-hydrogen) atoms. The lowest BCUT2D eigenvalue weighted by molar-refractivity contribution is -0.143. The van der Waals surface area contributed by atoms with Crippen LogP contribution in [0.5, 0.6) is 0 Å². The van der Waals surface area contributed by atoms with Gasteiger partial charge in [0.05, 0.1) is 13.0 Å². The largest absolute Gasteiger partial charge is 0.466 e. The number of nitrogens with two attached hydrogens (primary N) is 1. The van der Waals surface area contributed by atoms with Crippen LogP contribution in [0.1, 0.15) is 20.3 Å². The van der Waals surface area contributed by atoms with E-state index in [0.717, 1.165) is 6.16 Å². The Bertz CT molecular complexity index is 171. The maximum absolute atomic E-state index is 11.1. The smallest absolute Gasteiger partial charge is 0.307 e. The third kappa shape index (κ3) is 10.4. The van der Waals surface area contributed by atoms with Crippen LogP contribution in [0.3, 0.4) is 0 Å². The first-order chi connectivity index (χ1) is 6.60. The van der Waals surface area contributed by atoms with Crippen LogP contribution in [-0.2, 0) is 14.1 Å². The van der Waals surface area contributed by atoms with E-state index in [0.29, 0.717) is 13.2 Å². The van der Waals surface area contributed by atoms with E-state index in [9.17, 15) is 4.79 Å². The quantitative estimate of drug-likeness (QED) is 0.558. The highest BCUT2D eigenvalue weighted by molar-refractivity contribution is 7.51. The molecule has 0 heterocycles. The summed E-state index contributed by atoms with van der Waals surface area (Å²) < 4.78 is 10.2. The SMILES string of the molecule is CCOC(=O)C[C@H](N)CP(C)OCC.Cl. The fraction of sp³-hybridized carbons (Fsp3) is 0.889. The number of ether oxygens (including phenoxy) is 1. The van der Waals surface area contributed by atoms with Crippen LogP contribution in [0.15, 0.2) is 0 Å². The minimum absolute atomic E-state index is 0. The van der Waals surface area contributed by atoms with Crippen molar-refractivity contribution in [2.45, 2.75) is 26.3 Å². The van der Waals surface area contributed by atoms with Gasteiger partial charge >= 0.3 is 5.97 Å². The van der Waals surface area contributed by atoms with E-state index in [1.807, 2.05) is 13.6 Å². The predicted molar refractivity (Wildman–Crippen MR) is 65.8 cm³/mol. The van der Waals surface area contributed by atoms with Crippen LogP contribution < -0.4 is 5.73 Å². The average Bonchev–Trinajstić information content (AvgIpc) is 2.03. The number of rotatable bonds is 7. The van der Waals surface area contributed by atoms with E-state index in [1.165, 1.54) is 0 Å². The molecule has 0 fully saturated rings. The Kier molecular flexibility index (Phi) is 12.4. The zero-order valence-electron chi connectivity index (χ0n) is 9.56. The zero-order chi connectivity index (χ0) is 11.0. The summed E-state index contributed by atoms with van der Waals surface area (Å²) >= 11 is 0. The van der Waals surface area contributed by atoms with Crippen molar-refractivity contribution in [2.24, 2.45) is 5.73 Å². The maximum atomic E-state index is 11.1. The molecule has 0 saturated heterocycles. The molecule has 0 spiro atoms. The fourth-order valence-corrected chi connectivity index (χ4v) is 2.44. The summed E-state index contributed by atoms with van der Waals surface area (Å²) in [7, 11) is -0.493. The minimum Gasteiger partial charge on any atom is -0.466 e. The molecular formula is C9H21ClNO3P.